The molecule has 0 aliphatic rings. The lowest BCUT2D eigenvalue weighted by Crippen LogP contribution is -2.08. The van der Waals surface area contributed by atoms with Crippen molar-refractivity contribution < 1.29 is 0 Å². The highest BCUT2D eigenvalue weighted by molar-refractivity contribution is 9.10. The molecule has 0 bridgehead atoms. The molecule has 0 spiro atoms. The van der Waals surface area contributed by atoms with Crippen LogP contribution in [0.2, 0.25) is 0 Å². The van der Waals surface area contributed by atoms with Crippen molar-refractivity contribution in [1.29, 1.82) is 0 Å². The highest BCUT2D eigenvalue weighted by Gasteiger charge is 2.04. The van der Waals surface area contributed by atoms with Crippen molar-refractivity contribution in [2.75, 3.05) is 5.32 Å². The SMILES string of the molecule is CCCn1nnnc1NCc1cc(Br)cs1. The quantitative estimate of drug-likeness (QED) is 0.922. The average Bonchev–Trinajstić information content (AvgIpc) is 2.85. The van der Waals surface area contributed by atoms with Crippen molar-refractivity contribution in [1.82, 2.24) is 20.2 Å². The van der Waals surface area contributed by atoms with Gasteiger partial charge in [-0.2, -0.15) is 0 Å². The zero-order chi connectivity index (χ0) is 11.4. The Balaban J connectivity index is 1.96. The van der Waals surface area contributed by atoms with Crippen molar-refractivity contribution in [3.63, 3.8) is 0 Å². The van der Waals surface area contributed by atoms with E-state index in [4.69, 9.17) is 0 Å². The minimum absolute atomic E-state index is 0.728. The number of hydrogen-bond donors (Lipinski definition) is 1. The number of rotatable bonds is 5. The molecule has 5 nitrogen and oxygen atoms in total. The first kappa shape index (κ1) is 11.5. The highest BCUT2D eigenvalue weighted by Crippen LogP contribution is 2.20. The van der Waals surface area contributed by atoms with Gasteiger partial charge in [0.25, 0.3) is 0 Å². The lowest BCUT2D eigenvalue weighted by Gasteiger charge is -2.04. The second kappa shape index (κ2) is 5.40. The van der Waals surface area contributed by atoms with E-state index in [0.717, 1.165) is 29.9 Å². The van der Waals surface area contributed by atoms with Gasteiger partial charge in [-0.15, -0.1) is 11.3 Å². The third-order valence-corrected chi connectivity index (χ3v) is 3.71. The molecule has 0 amide bonds. The molecule has 2 rings (SSSR count). The Morgan fingerprint density at radius 2 is 2.44 bits per heavy atom. The van der Waals surface area contributed by atoms with Crippen LogP contribution >= 0.6 is 27.3 Å². The Bertz CT molecular complexity index is 452. The summed E-state index contributed by atoms with van der Waals surface area (Å²) in [5.41, 5.74) is 0. The number of aromatic nitrogens is 4. The Morgan fingerprint density at radius 1 is 1.56 bits per heavy atom. The first-order chi connectivity index (χ1) is 7.79. The summed E-state index contributed by atoms with van der Waals surface area (Å²) in [5.74, 6) is 0.728. The molecule has 0 atom stereocenters. The fourth-order valence-electron chi connectivity index (χ4n) is 1.31. The number of anilines is 1. The molecule has 0 saturated heterocycles. The molecule has 0 aromatic carbocycles. The van der Waals surface area contributed by atoms with Crippen LogP contribution in [0.5, 0.6) is 0 Å². The van der Waals surface area contributed by atoms with Gasteiger partial charge in [0.05, 0.1) is 6.54 Å². The maximum atomic E-state index is 3.94. The molecule has 1 N–H and O–H groups in total. The molecular weight excluding hydrogens is 290 g/mol. The van der Waals surface area contributed by atoms with E-state index in [1.165, 1.54) is 4.88 Å². The van der Waals surface area contributed by atoms with Crippen molar-refractivity contribution in [2.24, 2.45) is 0 Å². The topological polar surface area (TPSA) is 55.6 Å². The fraction of sp³-hybridized carbons (Fsp3) is 0.444. The van der Waals surface area contributed by atoms with Crippen LogP contribution in [0.3, 0.4) is 0 Å². The van der Waals surface area contributed by atoms with Crippen molar-refractivity contribution in [3.05, 3.63) is 20.8 Å². The molecule has 16 heavy (non-hydrogen) atoms. The van der Waals surface area contributed by atoms with Crippen LogP contribution in [0.25, 0.3) is 0 Å². The maximum absolute atomic E-state index is 3.94. The van der Waals surface area contributed by atoms with Gasteiger partial charge in [0.2, 0.25) is 5.95 Å². The van der Waals surface area contributed by atoms with Crippen LogP contribution in [0.4, 0.5) is 5.95 Å². The summed E-state index contributed by atoms with van der Waals surface area (Å²) in [6.07, 6.45) is 1.02. The lowest BCUT2D eigenvalue weighted by molar-refractivity contribution is 0.582. The molecule has 0 saturated carbocycles. The van der Waals surface area contributed by atoms with E-state index in [9.17, 15) is 0 Å². The van der Waals surface area contributed by atoms with E-state index in [2.05, 4.69) is 55.1 Å². The van der Waals surface area contributed by atoms with E-state index in [0.29, 0.717) is 0 Å². The third-order valence-electron chi connectivity index (χ3n) is 2.01. The molecule has 2 aromatic rings. The summed E-state index contributed by atoms with van der Waals surface area (Å²) in [6, 6.07) is 2.09. The zero-order valence-corrected chi connectivity index (χ0v) is 11.3. The number of nitrogens with zero attached hydrogens (tertiary/aromatic N) is 4. The number of hydrogen-bond acceptors (Lipinski definition) is 5. The minimum Gasteiger partial charge on any atom is -0.348 e. The minimum atomic E-state index is 0.728. The largest absolute Gasteiger partial charge is 0.348 e. The molecule has 0 unspecified atom stereocenters. The molecule has 0 radical (unpaired) electrons. The first-order valence-electron chi connectivity index (χ1n) is 5.02. The average molecular weight is 302 g/mol. The summed E-state index contributed by atoms with van der Waals surface area (Å²) in [4.78, 5) is 1.25. The van der Waals surface area contributed by atoms with Gasteiger partial charge in [-0.3, -0.25) is 0 Å². The van der Waals surface area contributed by atoms with Crippen LogP contribution in [-0.2, 0) is 13.1 Å². The molecule has 7 heteroatoms. The van der Waals surface area contributed by atoms with Crippen molar-refractivity contribution in [3.8, 4) is 0 Å². The van der Waals surface area contributed by atoms with Crippen LogP contribution in [0.1, 0.15) is 18.2 Å². The van der Waals surface area contributed by atoms with E-state index < -0.39 is 0 Å². The van der Waals surface area contributed by atoms with E-state index >= 15 is 0 Å². The van der Waals surface area contributed by atoms with Gasteiger partial charge in [0.15, 0.2) is 0 Å². The number of thiophene rings is 1. The van der Waals surface area contributed by atoms with Crippen LogP contribution < -0.4 is 5.32 Å². The Morgan fingerprint density at radius 3 is 3.12 bits per heavy atom. The van der Waals surface area contributed by atoms with Crippen LogP contribution in [0.15, 0.2) is 15.9 Å². The van der Waals surface area contributed by atoms with Crippen molar-refractivity contribution >= 4 is 33.2 Å². The number of halogens is 1. The second-order valence-electron chi connectivity index (χ2n) is 3.31. The Labute approximate surface area is 106 Å². The van der Waals surface area contributed by atoms with E-state index in [1.807, 2.05) is 0 Å². The predicted octanol–water partition coefficient (Wildman–Crippen LogP) is 2.52. The second-order valence-corrected chi connectivity index (χ2v) is 5.22. The monoisotopic (exact) mass is 301 g/mol. The van der Waals surface area contributed by atoms with E-state index in [-0.39, 0.29) is 0 Å². The van der Waals surface area contributed by atoms with Gasteiger partial charge >= 0.3 is 0 Å². The number of aryl methyl sites for hydroxylation is 1. The maximum Gasteiger partial charge on any atom is 0.243 e. The highest BCUT2D eigenvalue weighted by atomic mass is 79.9. The number of tetrazole rings is 1. The Hall–Kier alpha value is -0.950. The summed E-state index contributed by atoms with van der Waals surface area (Å²) in [6.45, 7) is 3.69. The molecule has 2 heterocycles. The Kier molecular flexibility index (Phi) is 3.89. The van der Waals surface area contributed by atoms with Gasteiger partial charge < -0.3 is 5.32 Å². The summed E-state index contributed by atoms with van der Waals surface area (Å²) in [5, 5.41) is 16.8. The predicted molar refractivity (Wildman–Crippen MR) is 67.5 cm³/mol. The van der Waals surface area contributed by atoms with Crippen molar-refractivity contribution in [2.45, 2.75) is 26.4 Å². The fourth-order valence-corrected chi connectivity index (χ4v) is 2.70. The molecular formula is C9H12BrN5S. The summed E-state index contributed by atoms with van der Waals surface area (Å²) < 4.78 is 2.89. The molecule has 0 aliphatic carbocycles. The normalized spacial score (nSPS) is 10.6. The smallest absolute Gasteiger partial charge is 0.243 e. The van der Waals surface area contributed by atoms with Gasteiger partial charge in [0, 0.05) is 21.3 Å². The molecule has 0 aliphatic heterocycles. The summed E-state index contributed by atoms with van der Waals surface area (Å²) >= 11 is 5.13. The third kappa shape index (κ3) is 2.79. The van der Waals surface area contributed by atoms with Gasteiger partial charge in [-0.25, -0.2) is 4.68 Å². The van der Waals surface area contributed by atoms with Gasteiger partial charge in [0.1, 0.15) is 0 Å². The molecule has 86 valence electrons. The number of nitrogens with one attached hydrogen (secondary N) is 1. The standard InChI is InChI=1S/C9H12BrN5S/c1-2-3-15-9(12-13-14-15)11-5-8-4-7(10)6-16-8/h4,6H,2-3,5H2,1H3,(H,11,12,14). The van der Waals surface area contributed by atoms with Gasteiger partial charge in [-0.1, -0.05) is 12.0 Å². The molecule has 0 fully saturated rings. The summed E-state index contributed by atoms with van der Waals surface area (Å²) in [7, 11) is 0. The zero-order valence-electron chi connectivity index (χ0n) is 8.85. The van der Waals surface area contributed by atoms with Crippen LogP contribution in [0, 0.1) is 0 Å². The van der Waals surface area contributed by atoms with E-state index in [1.54, 1.807) is 16.0 Å². The molecule has 2 aromatic heterocycles. The van der Waals surface area contributed by atoms with Crippen LogP contribution in [-0.4, -0.2) is 20.2 Å². The first-order valence-corrected chi connectivity index (χ1v) is 6.70. The lowest BCUT2D eigenvalue weighted by atomic mass is 10.4. The van der Waals surface area contributed by atoms with Gasteiger partial charge in [-0.05, 0) is 38.8 Å².